The minimum atomic E-state index is -4.16. The van der Waals surface area contributed by atoms with Crippen molar-refractivity contribution in [3.05, 3.63) is 88.0 Å². The van der Waals surface area contributed by atoms with Crippen LogP contribution in [0.25, 0.3) is 0 Å². The average Bonchev–Trinajstić information content (AvgIpc) is 3.38. The molecule has 1 heterocycles. The lowest BCUT2D eigenvalue weighted by Gasteiger charge is -2.24. The van der Waals surface area contributed by atoms with Gasteiger partial charge in [0.2, 0.25) is 15.7 Å². The number of hydrogen-bond donors (Lipinski definition) is 1. The Morgan fingerprint density at radius 2 is 1.71 bits per heavy atom. The van der Waals surface area contributed by atoms with Gasteiger partial charge in [0, 0.05) is 50.1 Å². The number of carbonyl (C=O) groups is 2. The zero-order valence-electron chi connectivity index (χ0n) is 21.2. The summed E-state index contributed by atoms with van der Waals surface area (Å²) in [4.78, 5) is 38.8. The molecule has 0 aliphatic carbocycles. The minimum Gasteiger partial charge on any atom is -0.369 e. The van der Waals surface area contributed by atoms with Crippen LogP contribution in [0.1, 0.15) is 29.3 Å². The first kappa shape index (κ1) is 26.8. The molecule has 1 atom stereocenters. The fraction of sp³-hybridized carbons (Fsp3) is 0.259. The predicted octanol–water partition coefficient (Wildman–Crippen LogP) is 4.05. The molecule has 1 N–H and O–H groups in total. The summed E-state index contributed by atoms with van der Waals surface area (Å²) in [5.41, 5.74) is 1.56. The highest BCUT2D eigenvalue weighted by molar-refractivity contribution is 7.91. The quantitative estimate of drug-likeness (QED) is 0.356. The van der Waals surface area contributed by atoms with E-state index in [2.05, 4.69) is 10.2 Å². The molecule has 2 amide bonds. The van der Waals surface area contributed by atoms with E-state index in [1.165, 1.54) is 18.2 Å². The molecule has 198 valence electrons. The van der Waals surface area contributed by atoms with Gasteiger partial charge in [-0.2, -0.15) is 0 Å². The summed E-state index contributed by atoms with van der Waals surface area (Å²) >= 11 is 0. The summed E-state index contributed by atoms with van der Waals surface area (Å²) in [5.74, 6) is -0.583. The number of anilines is 2. The molecule has 10 nitrogen and oxygen atoms in total. The Morgan fingerprint density at radius 3 is 2.32 bits per heavy atom. The van der Waals surface area contributed by atoms with Gasteiger partial charge in [0.05, 0.1) is 15.9 Å². The van der Waals surface area contributed by atoms with Gasteiger partial charge in [-0.3, -0.25) is 19.7 Å². The molecule has 0 bridgehead atoms. The first-order valence-corrected chi connectivity index (χ1v) is 13.5. The van der Waals surface area contributed by atoms with Crippen LogP contribution in [0.5, 0.6) is 0 Å². The molecule has 1 unspecified atom stereocenters. The average molecular weight is 537 g/mol. The molecule has 0 spiro atoms. The van der Waals surface area contributed by atoms with E-state index in [1.54, 1.807) is 50.1 Å². The number of sulfone groups is 1. The van der Waals surface area contributed by atoms with Crippen molar-refractivity contribution in [3.8, 4) is 0 Å². The van der Waals surface area contributed by atoms with Crippen molar-refractivity contribution in [1.82, 2.24) is 4.90 Å². The summed E-state index contributed by atoms with van der Waals surface area (Å²) in [5, 5.41) is 14.4. The van der Waals surface area contributed by atoms with Gasteiger partial charge in [-0.05, 0) is 61.9 Å². The Balaban J connectivity index is 1.50. The Kier molecular flexibility index (Phi) is 7.49. The fourth-order valence-corrected chi connectivity index (χ4v) is 5.79. The first-order chi connectivity index (χ1) is 18.0. The SMILES string of the molecule is CC(=O)N(C)C1CCN(c2ccc(NC(=O)c3ccc(S(=O)(=O)c4ccc(C)cc4)c([N+](=O)[O-])c3)cc2)C1. The lowest BCUT2D eigenvalue weighted by Crippen LogP contribution is -2.37. The number of nitro groups is 1. The Morgan fingerprint density at radius 1 is 1.05 bits per heavy atom. The van der Waals surface area contributed by atoms with E-state index in [-0.39, 0.29) is 22.4 Å². The van der Waals surface area contributed by atoms with E-state index in [1.807, 2.05) is 12.1 Å². The van der Waals surface area contributed by atoms with Crippen LogP contribution in [-0.2, 0) is 14.6 Å². The molecule has 0 radical (unpaired) electrons. The highest BCUT2D eigenvalue weighted by Gasteiger charge is 2.29. The lowest BCUT2D eigenvalue weighted by atomic mass is 10.1. The molecule has 38 heavy (non-hydrogen) atoms. The second-order valence-electron chi connectivity index (χ2n) is 9.28. The second kappa shape index (κ2) is 10.6. The van der Waals surface area contributed by atoms with Crippen LogP contribution in [0, 0.1) is 17.0 Å². The maximum atomic E-state index is 13.0. The first-order valence-electron chi connectivity index (χ1n) is 12.0. The van der Waals surface area contributed by atoms with E-state index in [0.29, 0.717) is 12.2 Å². The van der Waals surface area contributed by atoms with E-state index >= 15 is 0 Å². The van der Waals surface area contributed by atoms with Crippen LogP contribution < -0.4 is 10.2 Å². The van der Waals surface area contributed by atoms with E-state index in [9.17, 15) is 28.1 Å². The topological polar surface area (TPSA) is 130 Å². The van der Waals surface area contributed by atoms with Crippen molar-refractivity contribution >= 4 is 38.7 Å². The molecule has 1 fully saturated rings. The summed E-state index contributed by atoms with van der Waals surface area (Å²) < 4.78 is 26.1. The van der Waals surface area contributed by atoms with Crippen molar-refractivity contribution in [3.63, 3.8) is 0 Å². The van der Waals surface area contributed by atoms with Crippen LogP contribution in [0.15, 0.2) is 76.5 Å². The second-order valence-corrected chi connectivity index (χ2v) is 11.2. The normalized spacial score (nSPS) is 15.2. The van der Waals surface area contributed by atoms with E-state index in [4.69, 9.17) is 0 Å². The summed E-state index contributed by atoms with van der Waals surface area (Å²) in [6, 6.07) is 16.6. The summed E-state index contributed by atoms with van der Waals surface area (Å²) in [6.07, 6.45) is 0.864. The third-order valence-corrected chi connectivity index (χ3v) is 8.55. The van der Waals surface area contributed by atoms with Crippen molar-refractivity contribution in [2.75, 3.05) is 30.4 Å². The van der Waals surface area contributed by atoms with Gasteiger partial charge in [-0.25, -0.2) is 8.42 Å². The summed E-state index contributed by atoms with van der Waals surface area (Å²) in [6.45, 7) is 4.86. The molecule has 1 aliphatic heterocycles. The largest absolute Gasteiger partial charge is 0.369 e. The van der Waals surface area contributed by atoms with Gasteiger partial charge >= 0.3 is 0 Å². The van der Waals surface area contributed by atoms with E-state index in [0.717, 1.165) is 36.3 Å². The van der Waals surface area contributed by atoms with Crippen LogP contribution in [-0.4, -0.2) is 56.2 Å². The third kappa shape index (κ3) is 5.52. The number of amides is 2. The molecule has 11 heteroatoms. The molecular formula is C27H28N4O6S. The zero-order chi connectivity index (χ0) is 27.6. The number of hydrogen-bond acceptors (Lipinski definition) is 7. The molecule has 1 saturated heterocycles. The van der Waals surface area contributed by atoms with Crippen molar-refractivity contribution in [2.24, 2.45) is 0 Å². The Labute approximate surface area is 220 Å². The Hall–Kier alpha value is -4.25. The molecule has 0 aromatic heterocycles. The van der Waals surface area contributed by atoms with Gasteiger partial charge in [-0.1, -0.05) is 17.7 Å². The maximum Gasteiger partial charge on any atom is 0.289 e. The third-order valence-electron chi connectivity index (χ3n) is 6.74. The molecule has 3 aromatic rings. The highest BCUT2D eigenvalue weighted by Crippen LogP contribution is 2.31. The number of nitrogens with zero attached hydrogens (tertiary/aromatic N) is 3. The number of nitro benzene ring substituents is 1. The number of rotatable bonds is 7. The Bertz CT molecular complexity index is 1490. The standard InChI is InChI=1S/C27H28N4O6S/c1-18-4-11-24(12-5-18)38(36,37)26-13-6-20(16-25(26)31(34)35)27(33)28-21-7-9-22(10-8-21)30-15-14-23(17-30)29(3)19(2)32/h4-13,16,23H,14-15,17H2,1-3H3,(H,28,33). The molecule has 3 aromatic carbocycles. The number of nitrogens with one attached hydrogen (secondary N) is 1. The van der Waals surface area contributed by atoms with Crippen LogP contribution in [0.4, 0.5) is 17.1 Å². The molecule has 4 rings (SSSR count). The molecule has 0 saturated carbocycles. The zero-order valence-corrected chi connectivity index (χ0v) is 22.1. The van der Waals surface area contributed by atoms with Gasteiger partial charge in [-0.15, -0.1) is 0 Å². The summed E-state index contributed by atoms with van der Waals surface area (Å²) in [7, 11) is -2.36. The highest BCUT2D eigenvalue weighted by atomic mass is 32.2. The number of likely N-dealkylation sites (N-methyl/N-ethyl adjacent to an activating group) is 1. The van der Waals surface area contributed by atoms with Gasteiger partial charge in [0.25, 0.3) is 11.6 Å². The van der Waals surface area contributed by atoms with Crippen molar-refractivity contribution in [1.29, 1.82) is 0 Å². The monoisotopic (exact) mass is 536 g/mol. The fourth-order valence-electron chi connectivity index (χ4n) is 4.38. The number of carbonyl (C=O) groups excluding carboxylic acids is 2. The smallest absolute Gasteiger partial charge is 0.289 e. The van der Waals surface area contributed by atoms with Gasteiger partial charge in [0.1, 0.15) is 4.90 Å². The minimum absolute atomic E-state index is 0.0240. The van der Waals surface area contributed by atoms with Crippen LogP contribution >= 0.6 is 0 Å². The van der Waals surface area contributed by atoms with Crippen molar-refractivity contribution in [2.45, 2.75) is 36.1 Å². The van der Waals surface area contributed by atoms with Crippen LogP contribution in [0.2, 0.25) is 0 Å². The molecular weight excluding hydrogens is 508 g/mol. The predicted molar refractivity (Wildman–Crippen MR) is 143 cm³/mol. The van der Waals surface area contributed by atoms with E-state index < -0.39 is 31.3 Å². The number of aryl methyl sites for hydroxylation is 1. The van der Waals surface area contributed by atoms with Gasteiger partial charge < -0.3 is 15.1 Å². The van der Waals surface area contributed by atoms with Crippen LogP contribution in [0.3, 0.4) is 0 Å². The number of benzene rings is 3. The van der Waals surface area contributed by atoms with Gasteiger partial charge in [0.15, 0.2) is 0 Å². The van der Waals surface area contributed by atoms with Crippen molar-refractivity contribution < 1.29 is 22.9 Å². The maximum absolute atomic E-state index is 13.0. The molecule has 1 aliphatic rings. The lowest BCUT2D eigenvalue weighted by molar-refractivity contribution is -0.387.